The summed E-state index contributed by atoms with van der Waals surface area (Å²) in [5.41, 5.74) is 0.821. The van der Waals surface area contributed by atoms with Crippen molar-refractivity contribution < 1.29 is 9.53 Å². The largest absolute Gasteiger partial charge is 0.483 e. The van der Waals surface area contributed by atoms with Crippen LogP contribution in [0.5, 0.6) is 5.75 Å². The molecule has 0 aliphatic heterocycles. The van der Waals surface area contributed by atoms with Gasteiger partial charge in [0.15, 0.2) is 5.75 Å². The molecule has 0 aliphatic carbocycles. The van der Waals surface area contributed by atoms with Crippen LogP contribution in [0.1, 0.15) is 40.8 Å². The maximum absolute atomic E-state index is 12.5. The van der Waals surface area contributed by atoms with Gasteiger partial charge in [-0.3, -0.25) is 14.9 Å². The van der Waals surface area contributed by atoms with Gasteiger partial charge in [0.1, 0.15) is 17.3 Å². The zero-order valence-electron chi connectivity index (χ0n) is 15.3. The second-order valence-electron chi connectivity index (χ2n) is 6.33. The summed E-state index contributed by atoms with van der Waals surface area (Å²) >= 11 is 1.32. The first kappa shape index (κ1) is 18.8. The number of pyridine rings is 1. The number of rotatable bonds is 6. The van der Waals surface area contributed by atoms with Crippen LogP contribution in [-0.2, 0) is 13.7 Å². The molecular weight excluding hydrogens is 364 g/mol. The molecule has 0 saturated heterocycles. The Hall–Kier alpha value is -3.00. The fourth-order valence-corrected chi connectivity index (χ4v) is 3.10. The van der Waals surface area contributed by atoms with E-state index in [2.05, 4.69) is 15.5 Å². The summed E-state index contributed by atoms with van der Waals surface area (Å²) in [4.78, 5) is 24.8. The molecule has 0 fully saturated rings. The smallest absolute Gasteiger partial charge is 0.274 e. The number of anilines is 1. The van der Waals surface area contributed by atoms with Crippen LogP contribution >= 0.6 is 11.3 Å². The number of carbonyl (C=O) groups is 1. The van der Waals surface area contributed by atoms with Crippen LogP contribution in [0.25, 0.3) is 0 Å². The van der Waals surface area contributed by atoms with Gasteiger partial charge in [-0.05, 0) is 5.56 Å². The van der Waals surface area contributed by atoms with Crippen LogP contribution in [0.3, 0.4) is 0 Å². The van der Waals surface area contributed by atoms with Crippen molar-refractivity contribution in [3.8, 4) is 5.75 Å². The molecule has 0 atom stereocenters. The van der Waals surface area contributed by atoms with E-state index in [1.165, 1.54) is 23.6 Å². The molecule has 1 amide bonds. The van der Waals surface area contributed by atoms with Gasteiger partial charge in [0, 0.05) is 19.0 Å². The predicted octanol–water partition coefficient (Wildman–Crippen LogP) is 3.19. The molecule has 1 aromatic carbocycles. The predicted molar refractivity (Wildman–Crippen MR) is 104 cm³/mol. The monoisotopic (exact) mass is 384 g/mol. The number of carbonyl (C=O) groups excluding carboxylic acids is 1. The third-order valence-electron chi connectivity index (χ3n) is 3.83. The summed E-state index contributed by atoms with van der Waals surface area (Å²) in [7, 11) is 1.68. The number of amides is 1. The van der Waals surface area contributed by atoms with Crippen molar-refractivity contribution in [2.24, 2.45) is 7.05 Å². The molecule has 0 unspecified atom stereocenters. The maximum atomic E-state index is 12.5. The minimum Gasteiger partial charge on any atom is -0.483 e. The molecular formula is C19H20N4O3S. The van der Waals surface area contributed by atoms with E-state index in [-0.39, 0.29) is 29.4 Å². The number of nitrogens with zero attached hydrogens (tertiary/aromatic N) is 3. The molecule has 0 spiro atoms. The number of ether oxygens (including phenoxy) is 1. The normalized spacial score (nSPS) is 10.8. The Morgan fingerprint density at radius 1 is 1.26 bits per heavy atom. The van der Waals surface area contributed by atoms with Crippen molar-refractivity contribution in [3.05, 3.63) is 69.1 Å². The summed E-state index contributed by atoms with van der Waals surface area (Å²) in [6.07, 6.45) is 1.51. The Morgan fingerprint density at radius 2 is 2.00 bits per heavy atom. The van der Waals surface area contributed by atoms with Crippen LogP contribution in [-0.4, -0.2) is 20.7 Å². The molecule has 2 heterocycles. The van der Waals surface area contributed by atoms with Gasteiger partial charge in [-0.15, -0.1) is 10.2 Å². The van der Waals surface area contributed by atoms with Gasteiger partial charge in [-0.25, -0.2) is 0 Å². The molecule has 0 radical (unpaired) electrons. The fourth-order valence-electron chi connectivity index (χ4n) is 2.36. The lowest BCUT2D eigenvalue weighted by Gasteiger charge is -2.11. The van der Waals surface area contributed by atoms with E-state index in [0.29, 0.717) is 5.13 Å². The summed E-state index contributed by atoms with van der Waals surface area (Å²) in [6.45, 7) is 4.29. The third kappa shape index (κ3) is 4.59. The molecule has 8 heteroatoms. The lowest BCUT2D eigenvalue weighted by atomic mass is 10.2. The molecule has 27 heavy (non-hydrogen) atoms. The number of nitrogens with one attached hydrogen (secondary N) is 1. The summed E-state index contributed by atoms with van der Waals surface area (Å²) in [6, 6.07) is 10.8. The number of aryl methyl sites for hydroxylation is 1. The van der Waals surface area contributed by atoms with Gasteiger partial charge >= 0.3 is 0 Å². The Balaban J connectivity index is 1.73. The first-order valence-corrected chi connectivity index (χ1v) is 9.28. The van der Waals surface area contributed by atoms with Gasteiger partial charge in [0.2, 0.25) is 10.6 Å². The van der Waals surface area contributed by atoms with E-state index in [9.17, 15) is 9.59 Å². The lowest BCUT2D eigenvalue weighted by molar-refractivity contribution is 0.101. The van der Waals surface area contributed by atoms with Crippen LogP contribution in [0, 0.1) is 0 Å². The van der Waals surface area contributed by atoms with Crippen LogP contribution < -0.4 is 15.5 Å². The molecule has 3 aromatic rings. The molecule has 0 aliphatic rings. The van der Waals surface area contributed by atoms with Gasteiger partial charge < -0.3 is 9.30 Å². The average Bonchev–Trinajstić information content (AvgIpc) is 3.11. The quantitative estimate of drug-likeness (QED) is 0.705. The van der Waals surface area contributed by atoms with Gasteiger partial charge in [-0.1, -0.05) is 55.5 Å². The van der Waals surface area contributed by atoms with Crippen molar-refractivity contribution in [1.82, 2.24) is 14.8 Å². The number of hydrogen-bond acceptors (Lipinski definition) is 6. The van der Waals surface area contributed by atoms with Gasteiger partial charge in [0.05, 0.1) is 6.20 Å². The van der Waals surface area contributed by atoms with Crippen molar-refractivity contribution in [2.75, 3.05) is 5.32 Å². The van der Waals surface area contributed by atoms with E-state index in [0.717, 1.165) is 10.6 Å². The van der Waals surface area contributed by atoms with E-state index in [1.807, 2.05) is 44.2 Å². The van der Waals surface area contributed by atoms with Crippen LogP contribution in [0.2, 0.25) is 0 Å². The standard InChI is InChI=1S/C19H20N4O3S/c1-12(2)18-21-22-19(27-18)20-17(25)14-9-15(24)16(10-23(14)3)26-11-13-7-5-4-6-8-13/h4-10,12H,11H2,1-3H3,(H,20,22,25). The van der Waals surface area contributed by atoms with Gasteiger partial charge in [-0.2, -0.15) is 0 Å². The van der Waals surface area contributed by atoms with Gasteiger partial charge in [0.25, 0.3) is 5.91 Å². The van der Waals surface area contributed by atoms with E-state index in [1.54, 1.807) is 11.6 Å². The van der Waals surface area contributed by atoms with Crippen molar-refractivity contribution in [2.45, 2.75) is 26.4 Å². The van der Waals surface area contributed by atoms with Crippen molar-refractivity contribution in [3.63, 3.8) is 0 Å². The molecule has 140 valence electrons. The first-order valence-electron chi connectivity index (χ1n) is 8.46. The highest BCUT2D eigenvalue weighted by atomic mass is 32.1. The minimum atomic E-state index is -0.421. The highest BCUT2D eigenvalue weighted by Crippen LogP contribution is 2.22. The van der Waals surface area contributed by atoms with Crippen LogP contribution in [0.15, 0.2) is 47.4 Å². The van der Waals surface area contributed by atoms with Crippen molar-refractivity contribution in [1.29, 1.82) is 0 Å². The van der Waals surface area contributed by atoms with Crippen molar-refractivity contribution >= 4 is 22.4 Å². The number of hydrogen-bond donors (Lipinski definition) is 1. The summed E-state index contributed by atoms with van der Waals surface area (Å²) < 4.78 is 7.16. The SMILES string of the molecule is CC(C)c1nnc(NC(=O)c2cc(=O)c(OCc3ccccc3)cn2C)s1. The molecule has 0 saturated carbocycles. The molecule has 3 rings (SSSR count). The molecule has 7 nitrogen and oxygen atoms in total. The number of benzene rings is 1. The highest BCUT2D eigenvalue weighted by Gasteiger charge is 2.16. The summed E-state index contributed by atoms with van der Waals surface area (Å²) in [5, 5.41) is 11.9. The average molecular weight is 384 g/mol. The Morgan fingerprint density at radius 3 is 2.67 bits per heavy atom. The Labute approximate surface area is 160 Å². The maximum Gasteiger partial charge on any atom is 0.274 e. The number of aromatic nitrogens is 3. The zero-order valence-corrected chi connectivity index (χ0v) is 16.1. The Bertz CT molecular complexity index is 996. The minimum absolute atomic E-state index is 0.191. The lowest BCUT2D eigenvalue weighted by Crippen LogP contribution is -2.21. The summed E-state index contributed by atoms with van der Waals surface area (Å²) in [5.74, 6) is 0.00475. The van der Waals surface area contributed by atoms with E-state index >= 15 is 0 Å². The molecule has 2 aromatic heterocycles. The Kier molecular flexibility index (Phi) is 5.66. The topological polar surface area (TPSA) is 86.1 Å². The van der Waals surface area contributed by atoms with E-state index in [4.69, 9.17) is 4.74 Å². The molecule has 0 bridgehead atoms. The van der Waals surface area contributed by atoms with Crippen LogP contribution in [0.4, 0.5) is 5.13 Å². The fraction of sp³-hybridized carbons (Fsp3) is 0.263. The van der Waals surface area contributed by atoms with E-state index < -0.39 is 5.91 Å². The second-order valence-corrected chi connectivity index (χ2v) is 7.34. The first-order chi connectivity index (χ1) is 12.9. The highest BCUT2D eigenvalue weighted by molar-refractivity contribution is 7.15. The second kappa shape index (κ2) is 8.13. The third-order valence-corrected chi connectivity index (χ3v) is 4.97. The molecule has 1 N–H and O–H groups in total. The zero-order chi connectivity index (χ0) is 19.4.